The molecule has 0 atom stereocenters. The molecule has 8 nitrogen and oxygen atoms in total. The minimum atomic E-state index is -1.05. The molecule has 1 aliphatic heterocycles. The zero-order valence-electron chi connectivity index (χ0n) is 15.2. The molecule has 1 saturated heterocycles. The quantitative estimate of drug-likeness (QED) is 0.783. The van der Waals surface area contributed by atoms with E-state index in [1.165, 1.54) is 0 Å². The van der Waals surface area contributed by atoms with E-state index in [1.54, 1.807) is 13.0 Å². The molecule has 0 bridgehead atoms. The van der Waals surface area contributed by atoms with Crippen LogP contribution >= 0.6 is 0 Å². The normalized spacial score (nSPS) is 18.0. The van der Waals surface area contributed by atoms with Gasteiger partial charge in [0.05, 0.1) is 24.6 Å². The molecular formula is C19H22N4O4. The number of carbonyl (C=O) groups excluding carboxylic acids is 2. The van der Waals surface area contributed by atoms with Crippen molar-refractivity contribution < 1.29 is 18.8 Å². The van der Waals surface area contributed by atoms with Crippen LogP contribution in [0.1, 0.15) is 18.6 Å². The number of aryl methyl sites for hydroxylation is 1. The van der Waals surface area contributed by atoms with Gasteiger partial charge in [-0.1, -0.05) is 17.3 Å². The zero-order valence-corrected chi connectivity index (χ0v) is 15.2. The number of amides is 2. The molecule has 0 radical (unpaired) electrons. The topological polar surface area (TPSA) is 96.7 Å². The molecule has 1 aromatic carbocycles. The van der Waals surface area contributed by atoms with Crippen molar-refractivity contribution in [2.75, 3.05) is 41.8 Å². The van der Waals surface area contributed by atoms with E-state index in [1.807, 2.05) is 24.3 Å². The number of nitrogens with zero attached hydrogens (tertiary/aromatic N) is 2. The highest BCUT2D eigenvalue weighted by Gasteiger charge is 2.56. The lowest BCUT2D eigenvalue weighted by atomic mass is 10.0. The van der Waals surface area contributed by atoms with Crippen molar-refractivity contribution in [3.63, 3.8) is 0 Å². The molecule has 27 heavy (non-hydrogen) atoms. The summed E-state index contributed by atoms with van der Waals surface area (Å²) in [5.74, 6) is 0.280. The SMILES string of the molecule is Cc1cc(NC(=O)C2(C(=O)Nc3ccccc3N3CCOCC3)CC2)no1. The predicted octanol–water partition coefficient (Wildman–Crippen LogP) is 2.18. The number of aromatic nitrogens is 1. The highest BCUT2D eigenvalue weighted by Crippen LogP contribution is 2.48. The molecule has 8 heteroatoms. The summed E-state index contributed by atoms with van der Waals surface area (Å²) in [5.41, 5.74) is 0.601. The van der Waals surface area contributed by atoms with Gasteiger partial charge in [0.25, 0.3) is 0 Å². The van der Waals surface area contributed by atoms with E-state index >= 15 is 0 Å². The first kappa shape index (κ1) is 17.5. The van der Waals surface area contributed by atoms with Crippen molar-refractivity contribution >= 4 is 29.0 Å². The van der Waals surface area contributed by atoms with Crippen molar-refractivity contribution in [3.8, 4) is 0 Å². The van der Waals surface area contributed by atoms with Crippen molar-refractivity contribution in [1.29, 1.82) is 0 Å². The van der Waals surface area contributed by atoms with Crippen molar-refractivity contribution in [2.24, 2.45) is 5.41 Å². The van der Waals surface area contributed by atoms with E-state index in [2.05, 4.69) is 20.7 Å². The van der Waals surface area contributed by atoms with Gasteiger partial charge >= 0.3 is 0 Å². The van der Waals surface area contributed by atoms with E-state index < -0.39 is 5.41 Å². The Morgan fingerprint density at radius 2 is 1.81 bits per heavy atom. The maximum absolute atomic E-state index is 12.9. The highest BCUT2D eigenvalue weighted by molar-refractivity contribution is 6.17. The molecule has 2 N–H and O–H groups in total. The Bertz CT molecular complexity index is 853. The summed E-state index contributed by atoms with van der Waals surface area (Å²) in [6, 6.07) is 9.26. The van der Waals surface area contributed by atoms with Crippen LogP contribution in [0.3, 0.4) is 0 Å². The van der Waals surface area contributed by atoms with E-state index in [0.717, 1.165) is 18.8 Å². The number of benzene rings is 1. The molecule has 1 aromatic heterocycles. The van der Waals surface area contributed by atoms with Crippen molar-refractivity contribution in [1.82, 2.24) is 5.16 Å². The number of hydrogen-bond acceptors (Lipinski definition) is 6. The summed E-state index contributed by atoms with van der Waals surface area (Å²) in [5, 5.41) is 9.39. The van der Waals surface area contributed by atoms with Gasteiger partial charge in [-0.25, -0.2) is 0 Å². The van der Waals surface area contributed by atoms with Crippen LogP contribution in [0.5, 0.6) is 0 Å². The maximum Gasteiger partial charge on any atom is 0.241 e. The zero-order chi connectivity index (χ0) is 18.9. The minimum Gasteiger partial charge on any atom is -0.378 e. The van der Waals surface area contributed by atoms with Crippen LogP contribution in [0.15, 0.2) is 34.9 Å². The summed E-state index contributed by atoms with van der Waals surface area (Å²) < 4.78 is 10.4. The van der Waals surface area contributed by atoms with Crippen molar-refractivity contribution in [2.45, 2.75) is 19.8 Å². The summed E-state index contributed by atoms with van der Waals surface area (Å²) in [7, 11) is 0. The molecular weight excluding hydrogens is 348 g/mol. The summed E-state index contributed by atoms with van der Waals surface area (Å²) >= 11 is 0. The summed E-state index contributed by atoms with van der Waals surface area (Å²) in [6.07, 6.45) is 1.03. The fourth-order valence-corrected chi connectivity index (χ4v) is 3.24. The van der Waals surface area contributed by atoms with Crippen LogP contribution in [0.2, 0.25) is 0 Å². The molecule has 1 saturated carbocycles. The van der Waals surface area contributed by atoms with E-state index in [4.69, 9.17) is 9.26 Å². The Morgan fingerprint density at radius 1 is 1.11 bits per heavy atom. The van der Waals surface area contributed by atoms with Gasteiger partial charge in [-0.3, -0.25) is 9.59 Å². The van der Waals surface area contributed by atoms with Crippen molar-refractivity contribution in [3.05, 3.63) is 36.1 Å². The second-order valence-electron chi connectivity index (χ2n) is 6.93. The average Bonchev–Trinajstić information content (AvgIpc) is 3.41. The second kappa shape index (κ2) is 7.03. The number of carbonyl (C=O) groups is 2. The first-order valence-electron chi connectivity index (χ1n) is 9.06. The molecule has 1 aliphatic carbocycles. The fourth-order valence-electron chi connectivity index (χ4n) is 3.24. The predicted molar refractivity (Wildman–Crippen MR) is 99.6 cm³/mol. The van der Waals surface area contributed by atoms with Crippen LogP contribution < -0.4 is 15.5 Å². The number of rotatable bonds is 5. The minimum absolute atomic E-state index is 0.291. The first-order chi connectivity index (χ1) is 13.1. The number of para-hydroxylation sites is 2. The lowest BCUT2D eigenvalue weighted by Gasteiger charge is -2.30. The van der Waals surface area contributed by atoms with Gasteiger partial charge in [0.2, 0.25) is 11.8 Å². The van der Waals surface area contributed by atoms with Crippen LogP contribution in [0, 0.1) is 12.3 Å². The van der Waals surface area contributed by atoms with E-state index in [9.17, 15) is 9.59 Å². The molecule has 2 fully saturated rings. The monoisotopic (exact) mass is 370 g/mol. The lowest BCUT2D eigenvalue weighted by molar-refractivity contribution is -0.131. The molecule has 2 aromatic rings. The molecule has 4 rings (SSSR count). The largest absolute Gasteiger partial charge is 0.378 e. The Balaban J connectivity index is 1.48. The molecule has 2 aliphatic rings. The van der Waals surface area contributed by atoms with Crippen LogP contribution in [0.25, 0.3) is 0 Å². The second-order valence-corrected chi connectivity index (χ2v) is 6.93. The summed E-state index contributed by atoms with van der Waals surface area (Å²) in [4.78, 5) is 27.7. The maximum atomic E-state index is 12.9. The standard InChI is InChI=1S/C19H22N4O4/c1-13-12-16(22-27-13)21-18(25)19(6-7-19)17(24)20-14-4-2-3-5-15(14)23-8-10-26-11-9-23/h2-5,12H,6-11H2,1H3,(H,20,24)(H,21,22,25). The molecule has 2 amide bonds. The van der Waals surface area contributed by atoms with Gasteiger partial charge in [-0.2, -0.15) is 0 Å². The lowest BCUT2D eigenvalue weighted by Crippen LogP contribution is -2.38. The van der Waals surface area contributed by atoms with Gasteiger partial charge in [-0.05, 0) is 31.9 Å². The van der Waals surface area contributed by atoms with Gasteiger partial charge in [0.15, 0.2) is 5.82 Å². The van der Waals surface area contributed by atoms with Crippen LogP contribution in [0.4, 0.5) is 17.2 Å². The molecule has 2 heterocycles. The molecule has 0 unspecified atom stereocenters. The smallest absolute Gasteiger partial charge is 0.241 e. The van der Waals surface area contributed by atoms with E-state index in [0.29, 0.717) is 43.3 Å². The Kier molecular flexibility index (Phi) is 4.57. The third kappa shape index (κ3) is 3.52. The number of nitrogens with one attached hydrogen (secondary N) is 2. The van der Waals surface area contributed by atoms with Gasteiger partial charge in [0.1, 0.15) is 11.2 Å². The van der Waals surface area contributed by atoms with Gasteiger partial charge in [-0.15, -0.1) is 0 Å². The number of hydrogen-bond donors (Lipinski definition) is 2. The fraction of sp³-hybridized carbons (Fsp3) is 0.421. The third-order valence-electron chi connectivity index (χ3n) is 4.99. The number of morpholine rings is 1. The molecule has 142 valence electrons. The first-order valence-corrected chi connectivity index (χ1v) is 9.06. The Morgan fingerprint density at radius 3 is 2.48 bits per heavy atom. The molecule has 0 spiro atoms. The van der Waals surface area contributed by atoms with Crippen LogP contribution in [-0.4, -0.2) is 43.3 Å². The number of ether oxygens (including phenoxy) is 1. The van der Waals surface area contributed by atoms with Gasteiger partial charge in [0, 0.05) is 19.2 Å². The Labute approximate surface area is 156 Å². The highest BCUT2D eigenvalue weighted by atomic mass is 16.5. The Hall–Kier alpha value is -2.87. The average molecular weight is 370 g/mol. The van der Waals surface area contributed by atoms with Crippen LogP contribution in [-0.2, 0) is 14.3 Å². The summed E-state index contributed by atoms with van der Waals surface area (Å²) in [6.45, 7) is 4.59. The van der Waals surface area contributed by atoms with E-state index in [-0.39, 0.29) is 11.8 Å². The third-order valence-corrected chi connectivity index (χ3v) is 4.99. The number of anilines is 3. The van der Waals surface area contributed by atoms with Gasteiger partial charge < -0.3 is 24.8 Å².